The van der Waals surface area contributed by atoms with Gasteiger partial charge in [0.25, 0.3) is 0 Å². The first-order chi connectivity index (χ1) is 7.63. The van der Waals surface area contributed by atoms with Crippen LogP contribution in [-0.2, 0) is 11.2 Å². The van der Waals surface area contributed by atoms with Crippen LogP contribution in [0.5, 0.6) is 11.5 Å². The lowest BCUT2D eigenvalue weighted by Gasteiger charge is -2.25. The Balaban J connectivity index is 2.41. The molecular formula is C12H14O4. The number of hydrogen-bond acceptors (Lipinski definition) is 3. The van der Waals surface area contributed by atoms with Crippen molar-refractivity contribution in [1.82, 2.24) is 0 Å². The number of fused-ring (bicyclic) bond motifs is 1. The standard InChI is InChI=1S/C12H14O4/c1-7-3-4-10(15-2)11-9(7)5-8(6-16-11)12(13)14/h3-4,8H,5-6H2,1-2H3,(H,13,14). The molecule has 0 radical (unpaired) electrons. The predicted octanol–water partition coefficient (Wildman–Crippen LogP) is 1.64. The van der Waals surface area contributed by atoms with Gasteiger partial charge in [0.15, 0.2) is 11.5 Å². The van der Waals surface area contributed by atoms with Crippen molar-refractivity contribution in [1.29, 1.82) is 0 Å². The number of rotatable bonds is 2. The fourth-order valence-electron chi connectivity index (χ4n) is 1.93. The molecule has 1 aromatic rings. The molecule has 0 fully saturated rings. The molecule has 86 valence electrons. The Morgan fingerprint density at radius 1 is 1.56 bits per heavy atom. The van der Waals surface area contributed by atoms with Crippen molar-refractivity contribution in [2.75, 3.05) is 13.7 Å². The van der Waals surface area contributed by atoms with Gasteiger partial charge in [-0.3, -0.25) is 4.79 Å². The summed E-state index contributed by atoms with van der Waals surface area (Å²) in [5.74, 6) is 0.0932. The Hall–Kier alpha value is -1.71. The molecule has 0 spiro atoms. The molecular weight excluding hydrogens is 208 g/mol. The van der Waals surface area contributed by atoms with E-state index in [2.05, 4.69) is 0 Å². The topological polar surface area (TPSA) is 55.8 Å². The van der Waals surface area contributed by atoms with Crippen LogP contribution in [0.1, 0.15) is 11.1 Å². The quantitative estimate of drug-likeness (QED) is 0.826. The zero-order valence-electron chi connectivity index (χ0n) is 9.32. The zero-order valence-corrected chi connectivity index (χ0v) is 9.32. The lowest BCUT2D eigenvalue weighted by Crippen LogP contribution is -2.28. The maximum Gasteiger partial charge on any atom is 0.310 e. The van der Waals surface area contributed by atoms with E-state index in [1.807, 2.05) is 19.1 Å². The summed E-state index contributed by atoms with van der Waals surface area (Å²) in [6.45, 7) is 2.16. The highest BCUT2D eigenvalue weighted by Gasteiger charge is 2.28. The molecule has 4 heteroatoms. The molecule has 1 aliphatic rings. The lowest BCUT2D eigenvalue weighted by molar-refractivity contribution is -0.143. The lowest BCUT2D eigenvalue weighted by atomic mass is 9.93. The van der Waals surface area contributed by atoms with Crippen molar-refractivity contribution in [2.45, 2.75) is 13.3 Å². The number of carbonyl (C=O) groups is 1. The van der Waals surface area contributed by atoms with Gasteiger partial charge in [-0.25, -0.2) is 0 Å². The van der Waals surface area contributed by atoms with Gasteiger partial charge in [-0.15, -0.1) is 0 Å². The molecule has 0 saturated heterocycles. The van der Waals surface area contributed by atoms with Crippen LogP contribution >= 0.6 is 0 Å². The van der Waals surface area contributed by atoms with Crippen LogP contribution in [0.4, 0.5) is 0 Å². The summed E-state index contributed by atoms with van der Waals surface area (Å²) >= 11 is 0. The molecule has 1 atom stereocenters. The number of carboxylic acids is 1. The van der Waals surface area contributed by atoms with E-state index in [9.17, 15) is 4.79 Å². The van der Waals surface area contributed by atoms with E-state index in [4.69, 9.17) is 14.6 Å². The number of hydrogen-bond donors (Lipinski definition) is 1. The Labute approximate surface area is 93.8 Å². The van der Waals surface area contributed by atoms with Crippen molar-refractivity contribution in [3.8, 4) is 11.5 Å². The maximum absolute atomic E-state index is 10.9. The predicted molar refractivity (Wildman–Crippen MR) is 58.1 cm³/mol. The van der Waals surface area contributed by atoms with Gasteiger partial charge in [0, 0.05) is 5.56 Å². The molecule has 1 aromatic carbocycles. The van der Waals surface area contributed by atoms with Crippen molar-refractivity contribution >= 4 is 5.97 Å². The Morgan fingerprint density at radius 2 is 2.31 bits per heavy atom. The smallest absolute Gasteiger partial charge is 0.310 e. The van der Waals surface area contributed by atoms with Crippen molar-refractivity contribution in [2.24, 2.45) is 5.92 Å². The SMILES string of the molecule is COc1ccc(C)c2c1OCC(C(=O)O)C2. The average Bonchev–Trinajstić information content (AvgIpc) is 2.29. The summed E-state index contributed by atoms with van der Waals surface area (Å²) in [6.07, 6.45) is 0.508. The minimum atomic E-state index is -0.812. The maximum atomic E-state index is 10.9. The summed E-state index contributed by atoms with van der Waals surface area (Å²) in [6, 6.07) is 3.76. The molecule has 16 heavy (non-hydrogen) atoms. The van der Waals surface area contributed by atoms with Crippen LogP contribution in [0.25, 0.3) is 0 Å². The van der Waals surface area contributed by atoms with Crippen molar-refractivity contribution in [3.63, 3.8) is 0 Å². The van der Waals surface area contributed by atoms with E-state index in [0.717, 1.165) is 11.1 Å². The number of aliphatic carboxylic acids is 1. The first-order valence-electron chi connectivity index (χ1n) is 5.15. The molecule has 0 saturated carbocycles. The second kappa shape index (κ2) is 4.04. The number of carboxylic acid groups (broad SMARTS) is 1. The van der Waals surface area contributed by atoms with Gasteiger partial charge in [-0.2, -0.15) is 0 Å². The minimum Gasteiger partial charge on any atom is -0.493 e. The Morgan fingerprint density at radius 3 is 2.94 bits per heavy atom. The third-order valence-corrected chi connectivity index (χ3v) is 2.91. The molecule has 0 aliphatic carbocycles. The van der Waals surface area contributed by atoms with Crippen molar-refractivity contribution < 1.29 is 19.4 Å². The largest absolute Gasteiger partial charge is 0.493 e. The third kappa shape index (κ3) is 1.71. The summed E-state index contributed by atoms with van der Waals surface area (Å²) in [5, 5.41) is 8.97. The van der Waals surface area contributed by atoms with E-state index in [-0.39, 0.29) is 6.61 Å². The van der Waals surface area contributed by atoms with E-state index in [1.165, 1.54) is 0 Å². The van der Waals surface area contributed by atoms with Gasteiger partial charge < -0.3 is 14.6 Å². The fraction of sp³-hybridized carbons (Fsp3) is 0.417. The zero-order chi connectivity index (χ0) is 11.7. The minimum absolute atomic E-state index is 0.210. The number of methoxy groups -OCH3 is 1. The van der Waals surface area contributed by atoms with Gasteiger partial charge in [-0.1, -0.05) is 6.07 Å². The highest BCUT2D eigenvalue weighted by molar-refractivity contribution is 5.72. The highest BCUT2D eigenvalue weighted by Crippen LogP contribution is 2.38. The average molecular weight is 222 g/mol. The summed E-state index contributed by atoms with van der Waals surface area (Å²) in [7, 11) is 1.58. The van der Waals surface area contributed by atoms with Crippen LogP contribution in [0.15, 0.2) is 12.1 Å². The fourth-order valence-corrected chi connectivity index (χ4v) is 1.93. The molecule has 2 rings (SSSR count). The molecule has 1 unspecified atom stereocenters. The van der Waals surface area contributed by atoms with Crippen LogP contribution in [-0.4, -0.2) is 24.8 Å². The van der Waals surface area contributed by atoms with Gasteiger partial charge >= 0.3 is 5.97 Å². The van der Waals surface area contributed by atoms with Crippen molar-refractivity contribution in [3.05, 3.63) is 23.3 Å². The normalized spacial score (nSPS) is 18.5. The van der Waals surface area contributed by atoms with Crippen LogP contribution in [0.2, 0.25) is 0 Å². The highest BCUT2D eigenvalue weighted by atomic mass is 16.5. The second-order valence-corrected chi connectivity index (χ2v) is 3.94. The molecule has 0 aromatic heterocycles. The van der Waals surface area contributed by atoms with Gasteiger partial charge in [0.1, 0.15) is 6.61 Å². The van der Waals surface area contributed by atoms with E-state index < -0.39 is 11.9 Å². The first kappa shape index (κ1) is 10.8. The molecule has 1 heterocycles. The molecule has 4 nitrogen and oxygen atoms in total. The first-order valence-corrected chi connectivity index (χ1v) is 5.15. The monoisotopic (exact) mass is 222 g/mol. The van der Waals surface area contributed by atoms with Crippen LogP contribution < -0.4 is 9.47 Å². The van der Waals surface area contributed by atoms with Gasteiger partial charge in [-0.05, 0) is 25.0 Å². The third-order valence-electron chi connectivity index (χ3n) is 2.91. The number of benzene rings is 1. The molecule has 0 bridgehead atoms. The van der Waals surface area contributed by atoms with E-state index >= 15 is 0 Å². The summed E-state index contributed by atoms with van der Waals surface area (Å²) < 4.78 is 10.7. The molecule has 1 N–H and O–H groups in total. The van der Waals surface area contributed by atoms with Gasteiger partial charge in [0.2, 0.25) is 0 Å². The Kier molecular flexibility index (Phi) is 2.73. The second-order valence-electron chi connectivity index (χ2n) is 3.94. The van der Waals surface area contributed by atoms with E-state index in [0.29, 0.717) is 17.9 Å². The number of aryl methyl sites for hydroxylation is 1. The van der Waals surface area contributed by atoms with Crippen LogP contribution in [0.3, 0.4) is 0 Å². The van der Waals surface area contributed by atoms with Gasteiger partial charge in [0.05, 0.1) is 13.0 Å². The van der Waals surface area contributed by atoms with E-state index in [1.54, 1.807) is 7.11 Å². The molecule has 1 aliphatic heterocycles. The molecule has 0 amide bonds. The van der Waals surface area contributed by atoms with Crippen LogP contribution in [0, 0.1) is 12.8 Å². The summed E-state index contributed by atoms with van der Waals surface area (Å²) in [4.78, 5) is 10.9. The number of ether oxygens (including phenoxy) is 2. The Bertz CT molecular complexity index is 425. The summed E-state index contributed by atoms with van der Waals surface area (Å²) in [5.41, 5.74) is 1.99.